The van der Waals surface area contributed by atoms with Gasteiger partial charge in [-0.15, -0.1) is 0 Å². The van der Waals surface area contributed by atoms with Gasteiger partial charge in [0, 0.05) is 5.69 Å². The van der Waals surface area contributed by atoms with E-state index in [1.807, 2.05) is 13.0 Å². The van der Waals surface area contributed by atoms with Crippen LogP contribution in [0.5, 0.6) is 11.5 Å². The number of esters is 1. The van der Waals surface area contributed by atoms with Crippen LogP contribution in [0.2, 0.25) is 0 Å². The molecular weight excluding hydrogens is 322 g/mol. The lowest BCUT2D eigenvalue weighted by atomic mass is 10.3. The SMILES string of the molecule is CCOc1ccc(OCC(=O)OC(C)C(=O)Nc2ccccc2)cc1. The highest BCUT2D eigenvalue weighted by Crippen LogP contribution is 2.17. The second-order valence-corrected chi connectivity index (χ2v) is 5.18. The molecule has 1 amide bonds. The molecule has 2 aromatic carbocycles. The maximum atomic E-state index is 12.0. The van der Waals surface area contributed by atoms with Crippen molar-refractivity contribution >= 4 is 17.6 Å². The van der Waals surface area contributed by atoms with Crippen molar-refractivity contribution in [2.45, 2.75) is 20.0 Å². The first-order valence-corrected chi connectivity index (χ1v) is 7.99. The number of anilines is 1. The zero-order valence-corrected chi connectivity index (χ0v) is 14.2. The average Bonchev–Trinajstić information content (AvgIpc) is 2.62. The van der Waals surface area contributed by atoms with E-state index in [9.17, 15) is 9.59 Å². The molecular formula is C19H21NO5. The third-order valence-electron chi connectivity index (χ3n) is 3.21. The molecule has 0 heterocycles. The summed E-state index contributed by atoms with van der Waals surface area (Å²) in [6, 6.07) is 15.8. The fraction of sp³-hybridized carbons (Fsp3) is 0.263. The molecule has 2 aromatic rings. The molecule has 0 aliphatic carbocycles. The van der Waals surface area contributed by atoms with Gasteiger partial charge in [0.1, 0.15) is 11.5 Å². The second kappa shape index (κ2) is 9.32. The minimum Gasteiger partial charge on any atom is -0.494 e. The Bertz CT molecular complexity index is 685. The van der Waals surface area contributed by atoms with Gasteiger partial charge in [-0.3, -0.25) is 4.79 Å². The molecule has 6 nitrogen and oxygen atoms in total. The van der Waals surface area contributed by atoms with Crippen LogP contribution in [0.25, 0.3) is 0 Å². The third-order valence-corrected chi connectivity index (χ3v) is 3.21. The zero-order chi connectivity index (χ0) is 18.1. The van der Waals surface area contributed by atoms with E-state index in [2.05, 4.69) is 5.32 Å². The normalized spacial score (nSPS) is 11.3. The van der Waals surface area contributed by atoms with Gasteiger partial charge in [0.05, 0.1) is 6.61 Å². The van der Waals surface area contributed by atoms with E-state index in [-0.39, 0.29) is 6.61 Å². The molecule has 1 unspecified atom stereocenters. The van der Waals surface area contributed by atoms with Crippen LogP contribution in [0.4, 0.5) is 5.69 Å². The summed E-state index contributed by atoms with van der Waals surface area (Å²) in [5.74, 6) is 0.218. The Hall–Kier alpha value is -3.02. The summed E-state index contributed by atoms with van der Waals surface area (Å²) in [6.45, 7) is 3.70. The Morgan fingerprint density at radius 2 is 1.56 bits per heavy atom. The van der Waals surface area contributed by atoms with Crippen LogP contribution >= 0.6 is 0 Å². The molecule has 0 spiro atoms. The van der Waals surface area contributed by atoms with Crippen LogP contribution in [0.1, 0.15) is 13.8 Å². The van der Waals surface area contributed by atoms with E-state index in [1.165, 1.54) is 6.92 Å². The van der Waals surface area contributed by atoms with Gasteiger partial charge in [-0.25, -0.2) is 4.79 Å². The molecule has 0 bridgehead atoms. The number of ether oxygens (including phenoxy) is 3. The van der Waals surface area contributed by atoms with Gasteiger partial charge in [0.2, 0.25) is 0 Å². The number of benzene rings is 2. The molecule has 6 heteroatoms. The first-order chi connectivity index (χ1) is 12.1. The van der Waals surface area contributed by atoms with Crippen LogP contribution in [0.3, 0.4) is 0 Å². The smallest absolute Gasteiger partial charge is 0.344 e. The fourth-order valence-corrected chi connectivity index (χ4v) is 1.99. The van der Waals surface area contributed by atoms with E-state index >= 15 is 0 Å². The molecule has 0 saturated carbocycles. The lowest BCUT2D eigenvalue weighted by Crippen LogP contribution is -2.31. The van der Waals surface area contributed by atoms with Crippen LogP contribution in [0, 0.1) is 0 Å². The Balaban J connectivity index is 1.76. The summed E-state index contributed by atoms with van der Waals surface area (Å²) in [5, 5.41) is 2.67. The zero-order valence-electron chi connectivity index (χ0n) is 14.2. The highest BCUT2D eigenvalue weighted by molar-refractivity contribution is 5.95. The first-order valence-electron chi connectivity index (χ1n) is 7.99. The number of carbonyl (C=O) groups is 2. The highest BCUT2D eigenvalue weighted by atomic mass is 16.6. The molecule has 1 atom stereocenters. The quantitative estimate of drug-likeness (QED) is 0.746. The van der Waals surface area contributed by atoms with Crippen LogP contribution < -0.4 is 14.8 Å². The number of amides is 1. The van der Waals surface area contributed by atoms with Crippen molar-refractivity contribution in [3.63, 3.8) is 0 Å². The van der Waals surface area contributed by atoms with Gasteiger partial charge >= 0.3 is 5.97 Å². The standard InChI is InChI=1S/C19H21NO5/c1-3-23-16-9-11-17(12-10-16)24-13-18(21)25-14(2)19(22)20-15-7-5-4-6-8-15/h4-12,14H,3,13H2,1-2H3,(H,20,22). The van der Waals surface area contributed by atoms with E-state index in [4.69, 9.17) is 14.2 Å². The lowest BCUT2D eigenvalue weighted by molar-refractivity contribution is -0.155. The van der Waals surface area contributed by atoms with Gasteiger partial charge in [0.15, 0.2) is 12.7 Å². The summed E-state index contributed by atoms with van der Waals surface area (Å²) in [5.41, 5.74) is 0.640. The summed E-state index contributed by atoms with van der Waals surface area (Å²) in [4.78, 5) is 23.8. The lowest BCUT2D eigenvalue weighted by Gasteiger charge is -2.14. The largest absolute Gasteiger partial charge is 0.494 e. The van der Waals surface area contributed by atoms with Gasteiger partial charge < -0.3 is 19.5 Å². The Morgan fingerprint density at radius 3 is 2.16 bits per heavy atom. The number of carbonyl (C=O) groups excluding carboxylic acids is 2. The van der Waals surface area contributed by atoms with Crippen molar-refractivity contribution < 1.29 is 23.8 Å². The molecule has 0 fully saturated rings. The summed E-state index contributed by atoms with van der Waals surface area (Å²) in [7, 11) is 0. The average molecular weight is 343 g/mol. The first kappa shape index (κ1) is 18.3. The minimum absolute atomic E-state index is 0.281. The predicted octanol–water partition coefficient (Wildman–Crippen LogP) is 3.03. The van der Waals surface area contributed by atoms with Crippen molar-refractivity contribution in [3.05, 3.63) is 54.6 Å². The van der Waals surface area contributed by atoms with E-state index in [0.29, 0.717) is 18.0 Å². The van der Waals surface area contributed by atoms with Crippen LogP contribution in [-0.4, -0.2) is 31.2 Å². The summed E-state index contributed by atoms with van der Waals surface area (Å²) >= 11 is 0. The van der Waals surface area contributed by atoms with E-state index in [1.54, 1.807) is 48.5 Å². The molecule has 0 saturated heterocycles. The van der Waals surface area contributed by atoms with Gasteiger partial charge in [-0.2, -0.15) is 0 Å². The third kappa shape index (κ3) is 6.18. The van der Waals surface area contributed by atoms with E-state index < -0.39 is 18.0 Å². The predicted molar refractivity (Wildman–Crippen MR) is 93.7 cm³/mol. The highest BCUT2D eigenvalue weighted by Gasteiger charge is 2.18. The molecule has 25 heavy (non-hydrogen) atoms. The minimum atomic E-state index is -0.920. The maximum absolute atomic E-state index is 12.0. The topological polar surface area (TPSA) is 73.9 Å². The van der Waals surface area contributed by atoms with Crippen molar-refractivity contribution in [1.82, 2.24) is 0 Å². The van der Waals surface area contributed by atoms with Crippen molar-refractivity contribution in [1.29, 1.82) is 0 Å². The molecule has 0 aliphatic rings. The molecule has 0 aromatic heterocycles. The molecule has 1 N–H and O–H groups in total. The van der Waals surface area contributed by atoms with Gasteiger partial charge in [0.25, 0.3) is 5.91 Å². The molecule has 0 radical (unpaired) electrons. The number of hydrogen-bond donors (Lipinski definition) is 1. The molecule has 132 valence electrons. The number of hydrogen-bond acceptors (Lipinski definition) is 5. The Morgan fingerprint density at radius 1 is 0.960 bits per heavy atom. The van der Waals surface area contributed by atoms with Crippen molar-refractivity contribution in [2.24, 2.45) is 0 Å². The van der Waals surface area contributed by atoms with Gasteiger partial charge in [-0.05, 0) is 50.2 Å². The Labute approximate surface area is 146 Å². The summed E-state index contributed by atoms with van der Waals surface area (Å²) < 4.78 is 15.7. The number of nitrogens with one attached hydrogen (secondary N) is 1. The monoisotopic (exact) mass is 343 g/mol. The summed E-state index contributed by atoms with van der Waals surface area (Å²) in [6.07, 6.45) is -0.920. The van der Waals surface area contributed by atoms with Crippen LogP contribution in [-0.2, 0) is 14.3 Å². The maximum Gasteiger partial charge on any atom is 0.344 e. The van der Waals surface area contributed by atoms with Gasteiger partial charge in [-0.1, -0.05) is 18.2 Å². The second-order valence-electron chi connectivity index (χ2n) is 5.18. The molecule has 0 aliphatic heterocycles. The van der Waals surface area contributed by atoms with Crippen molar-refractivity contribution in [2.75, 3.05) is 18.5 Å². The molecule has 2 rings (SSSR count). The number of para-hydroxylation sites is 1. The Kier molecular flexibility index (Phi) is 6.83. The fourth-order valence-electron chi connectivity index (χ4n) is 1.99. The van der Waals surface area contributed by atoms with Crippen molar-refractivity contribution in [3.8, 4) is 11.5 Å². The van der Waals surface area contributed by atoms with E-state index in [0.717, 1.165) is 5.75 Å². The van der Waals surface area contributed by atoms with Crippen LogP contribution in [0.15, 0.2) is 54.6 Å². The number of rotatable bonds is 8.